The zero-order valence-corrected chi connectivity index (χ0v) is 15.1. The van der Waals surface area contributed by atoms with E-state index in [-0.39, 0.29) is 11.1 Å². The Morgan fingerprint density at radius 1 is 0.958 bits per heavy atom. The summed E-state index contributed by atoms with van der Waals surface area (Å²) in [6.07, 6.45) is 8.03. The first-order chi connectivity index (χ1) is 11.4. The standard InChI is InChI=1S/C20H30O4/c1-4-5-6-7-8-9-15-11-13-17(19(21)22)18(20(23)24)16(15)12-10-14(2)3/h11,13-14H,4-10,12H2,1-3H3,(H,21,22)(H,23,24). The van der Waals surface area contributed by atoms with E-state index in [1.807, 2.05) is 6.07 Å². The van der Waals surface area contributed by atoms with Crippen LogP contribution in [0.1, 0.15) is 91.1 Å². The summed E-state index contributed by atoms with van der Waals surface area (Å²) in [7, 11) is 0. The number of rotatable bonds is 11. The van der Waals surface area contributed by atoms with Crippen molar-refractivity contribution in [2.24, 2.45) is 5.92 Å². The highest BCUT2D eigenvalue weighted by Crippen LogP contribution is 2.25. The van der Waals surface area contributed by atoms with Crippen LogP contribution >= 0.6 is 0 Å². The molecule has 4 heteroatoms. The van der Waals surface area contributed by atoms with Gasteiger partial charge in [0.1, 0.15) is 0 Å². The van der Waals surface area contributed by atoms with Crippen LogP contribution in [0.15, 0.2) is 12.1 Å². The van der Waals surface area contributed by atoms with Gasteiger partial charge in [0.05, 0.1) is 11.1 Å². The summed E-state index contributed by atoms with van der Waals surface area (Å²) >= 11 is 0. The number of benzene rings is 1. The van der Waals surface area contributed by atoms with Gasteiger partial charge < -0.3 is 10.2 Å². The second-order valence-electron chi connectivity index (χ2n) is 6.83. The zero-order valence-electron chi connectivity index (χ0n) is 15.1. The molecule has 0 fully saturated rings. The van der Waals surface area contributed by atoms with Crippen molar-refractivity contribution in [3.8, 4) is 0 Å². The second-order valence-corrected chi connectivity index (χ2v) is 6.83. The van der Waals surface area contributed by atoms with Crippen molar-refractivity contribution >= 4 is 11.9 Å². The van der Waals surface area contributed by atoms with E-state index in [0.29, 0.717) is 17.9 Å². The van der Waals surface area contributed by atoms with Crippen LogP contribution < -0.4 is 0 Å². The molecule has 1 aromatic carbocycles. The predicted octanol–water partition coefficient (Wildman–Crippen LogP) is 5.18. The molecule has 0 radical (unpaired) electrons. The Balaban J connectivity index is 3.09. The van der Waals surface area contributed by atoms with Crippen molar-refractivity contribution < 1.29 is 19.8 Å². The fourth-order valence-corrected chi connectivity index (χ4v) is 2.99. The molecule has 0 aliphatic rings. The fourth-order valence-electron chi connectivity index (χ4n) is 2.99. The van der Waals surface area contributed by atoms with Gasteiger partial charge in [-0.15, -0.1) is 0 Å². The maximum Gasteiger partial charge on any atom is 0.336 e. The molecule has 0 heterocycles. The number of aryl methyl sites for hydroxylation is 1. The number of aromatic carboxylic acids is 2. The molecule has 24 heavy (non-hydrogen) atoms. The van der Waals surface area contributed by atoms with Crippen molar-refractivity contribution in [1.82, 2.24) is 0 Å². The normalized spacial score (nSPS) is 11.0. The van der Waals surface area contributed by atoms with Crippen molar-refractivity contribution in [1.29, 1.82) is 0 Å². The number of carboxylic acids is 2. The molecule has 1 aromatic rings. The minimum Gasteiger partial charge on any atom is -0.478 e. The molecule has 134 valence electrons. The summed E-state index contributed by atoms with van der Waals surface area (Å²) in [5, 5.41) is 18.9. The number of hydrogen-bond donors (Lipinski definition) is 2. The van der Waals surface area contributed by atoms with Gasteiger partial charge >= 0.3 is 11.9 Å². The van der Waals surface area contributed by atoms with Gasteiger partial charge in [0, 0.05) is 0 Å². The van der Waals surface area contributed by atoms with E-state index in [0.717, 1.165) is 31.2 Å². The molecule has 0 atom stereocenters. The van der Waals surface area contributed by atoms with Crippen molar-refractivity contribution in [2.75, 3.05) is 0 Å². The molecule has 0 saturated carbocycles. The number of unbranched alkanes of at least 4 members (excludes halogenated alkanes) is 4. The van der Waals surface area contributed by atoms with Crippen LogP contribution in [-0.4, -0.2) is 22.2 Å². The first kappa shape index (κ1) is 20.2. The Morgan fingerprint density at radius 3 is 2.17 bits per heavy atom. The van der Waals surface area contributed by atoms with Gasteiger partial charge in [-0.1, -0.05) is 52.5 Å². The highest BCUT2D eigenvalue weighted by atomic mass is 16.4. The zero-order chi connectivity index (χ0) is 18.1. The summed E-state index contributed by atoms with van der Waals surface area (Å²) in [6.45, 7) is 6.35. The predicted molar refractivity (Wildman–Crippen MR) is 96.0 cm³/mol. The van der Waals surface area contributed by atoms with Crippen LogP contribution in [0.4, 0.5) is 0 Å². The average Bonchev–Trinajstić information content (AvgIpc) is 2.52. The summed E-state index contributed by atoms with van der Waals surface area (Å²) in [4.78, 5) is 23.1. The van der Waals surface area contributed by atoms with E-state index < -0.39 is 11.9 Å². The first-order valence-electron chi connectivity index (χ1n) is 8.99. The maximum atomic E-state index is 11.7. The van der Waals surface area contributed by atoms with E-state index in [2.05, 4.69) is 20.8 Å². The van der Waals surface area contributed by atoms with Crippen LogP contribution in [0.2, 0.25) is 0 Å². The van der Waals surface area contributed by atoms with Crippen molar-refractivity contribution in [3.63, 3.8) is 0 Å². The van der Waals surface area contributed by atoms with Crippen molar-refractivity contribution in [3.05, 3.63) is 34.4 Å². The molecule has 4 nitrogen and oxygen atoms in total. The SMILES string of the molecule is CCCCCCCc1ccc(C(=O)O)c(C(=O)O)c1CCC(C)C. The third kappa shape index (κ3) is 5.99. The van der Waals surface area contributed by atoms with Crippen LogP contribution in [0.3, 0.4) is 0 Å². The molecule has 0 aliphatic heterocycles. The summed E-state index contributed by atoms with van der Waals surface area (Å²) in [5.74, 6) is -1.87. The van der Waals surface area contributed by atoms with Crippen LogP contribution in [0.25, 0.3) is 0 Å². The van der Waals surface area contributed by atoms with Crippen LogP contribution in [-0.2, 0) is 12.8 Å². The lowest BCUT2D eigenvalue weighted by Gasteiger charge is -2.16. The highest BCUT2D eigenvalue weighted by Gasteiger charge is 2.22. The Kier molecular flexibility index (Phi) is 8.51. The molecular weight excluding hydrogens is 304 g/mol. The minimum atomic E-state index is -1.17. The molecule has 0 bridgehead atoms. The van der Waals surface area contributed by atoms with E-state index >= 15 is 0 Å². The molecule has 0 aliphatic carbocycles. The van der Waals surface area contributed by atoms with Crippen LogP contribution in [0.5, 0.6) is 0 Å². The van der Waals surface area contributed by atoms with Gasteiger partial charge in [-0.05, 0) is 48.8 Å². The molecule has 0 amide bonds. The van der Waals surface area contributed by atoms with Gasteiger partial charge in [0.15, 0.2) is 0 Å². The van der Waals surface area contributed by atoms with E-state index in [4.69, 9.17) is 0 Å². The van der Waals surface area contributed by atoms with Crippen LogP contribution in [0, 0.1) is 5.92 Å². The highest BCUT2D eigenvalue weighted by molar-refractivity contribution is 6.03. The molecule has 2 N–H and O–H groups in total. The Hall–Kier alpha value is -1.84. The average molecular weight is 334 g/mol. The monoisotopic (exact) mass is 334 g/mol. The van der Waals surface area contributed by atoms with E-state index in [9.17, 15) is 19.8 Å². The lowest BCUT2D eigenvalue weighted by Crippen LogP contribution is -2.14. The number of carboxylic acid groups (broad SMARTS) is 2. The molecule has 1 rings (SSSR count). The molecule has 0 aromatic heterocycles. The van der Waals surface area contributed by atoms with Gasteiger partial charge in [-0.25, -0.2) is 9.59 Å². The van der Waals surface area contributed by atoms with Gasteiger partial charge in [0.2, 0.25) is 0 Å². The topological polar surface area (TPSA) is 74.6 Å². The second kappa shape index (κ2) is 10.1. The molecule has 0 unspecified atom stereocenters. The number of hydrogen-bond acceptors (Lipinski definition) is 2. The molecule has 0 spiro atoms. The van der Waals surface area contributed by atoms with Gasteiger partial charge in [-0.3, -0.25) is 0 Å². The Bertz CT molecular complexity index is 561. The summed E-state index contributed by atoms with van der Waals surface area (Å²) in [6, 6.07) is 3.26. The fraction of sp³-hybridized carbons (Fsp3) is 0.600. The maximum absolute atomic E-state index is 11.7. The quantitative estimate of drug-likeness (QED) is 0.546. The summed E-state index contributed by atoms with van der Waals surface area (Å²) < 4.78 is 0. The molecular formula is C20H30O4. The largest absolute Gasteiger partial charge is 0.478 e. The van der Waals surface area contributed by atoms with Crippen molar-refractivity contribution in [2.45, 2.75) is 72.1 Å². The Labute approximate surface area is 144 Å². The van der Waals surface area contributed by atoms with E-state index in [1.165, 1.54) is 25.3 Å². The van der Waals surface area contributed by atoms with Gasteiger partial charge in [0.25, 0.3) is 0 Å². The third-order valence-electron chi connectivity index (χ3n) is 4.38. The first-order valence-corrected chi connectivity index (χ1v) is 8.99. The summed E-state index contributed by atoms with van der Waals surface area (Å²) in [5.41, 5.74) is 1.59. The number of carbonyl (C=O) groups is 2. The Morgan fingerprint density at radius 2 is 1.62 bits per heavy atom. The van der Waals surface area contributed by atoms with Gasteiger partial charge in [-0.2, -0.15) is 0 Å². The van der Waals surface area contributed by atoms with E-state index in [1.54, 1.807) is 0 Å². The molecule has 0 saturated heterocycles. The smallest absolute Gasteiger partial charge is 0.336 e. The third-order valence-corrected chi connectivity index (χ3v) is 4.38. The lowest BCUT2D eigenvalue weighted by atomic mass is 9.88. The lowest BCUT2D eigenvalue weighted by molar-refractivity contribution is 0.0650. The minimum absolute atomic E-state index is 0.0193.